The number of para-hydroxylation sites is 1. The number of nitrogens with one attached hydrogen (secondary N) is 1. The average Bonchev–Trinajstić information content (AvgIpc) is 2.40. The van der Waals surface area contributed by atoms with Gasteiger partial charge in [-0.25, -0.2) is 4.39 Å². The number of halogens is 2. The summed E-state index contributed by atoms with van der Waals surface area (Å²) in [6, 6.07) is 11.6. The van der Waals surface area contributed by atoms with E-state index in [4.69, 9.17) is 15.9 Å². The number of nitrogen functional groups attached to an aromatic ring is 1. The largest absolute Gasteiger partial charge is 0.488 e. The molecule has 0 aliphatic heterocycles. The average molecular weight is 323 g/mol. The van der Waals surface area contributed by atoms with Crippen molar-refractivity contribution in [2.75, 3.05) is 0 Å². The zero-order valence-electron chi connectivity index (χ0n) is 9.99. The summed E-state index contributed by atoms with van der Waals surface area (Å²) in [6.07, 6.45) is 0. The van der Waals surface area contributed by atoms with Gasteiger partial charge in [-0.15, -0.1) is 0 Å². The van der Waals surface area contributed by atoms with Gasteiger partial charge >= 0.3 is 0 Å². The van der Waals surface area contributed by atoms with Gasteiger partial charge in [-0.3, -0.25) is 5.41 Å². The molecule has 0 unspecified atom stereocenters. The van der Waals surface area contributed by atoms with Crippen LogP contribution in [0.1, 0.15) is 11.1 Å². The lowest BCUT2D eigenvalue weighted by molar-refractivity contribution is 0.299. The molecule has 0 heterocycles. The number of benzene rings is 2. The van der Waals surface area contributed by atoms with E-state index in [0.717, 1.165) is 4.47 Å². The highest BCUT2D eigenvalue weighted by Crippen LogP contribution is 2.21. The van der Waals surface area contributed by atoms with Gasteiger partial charge in [0, 0.05) is 10.0 Å². The maximum atomic E-state index is 13.6. The third kappa shape index (κ3) is 3.32. The summed E-state index contributed by atoms with van der Waals surface area (Å²) in [5, 5.41) is 7.45. The topological polar surface area (TPSA) is 59.1 Å². The van der Waals surface area contributed by atoms with Gasteiger partial charge in [-0.1, -0.05) is 28.1 Å². The first kappa shape index (κ1) is 13.5. The van der Waals surface area contributed by atoms with Crippen LogP contribution >= 0.6 is 15.9 Å². The number of rotatable bonds is 4. The van der Waals surface area contributed by atoms with Crippen molar-refractivity contribution in [1.82, 2.24) is 0 Å². The molecule has 0 radical (unpaired) electrons. The van der Waals surface area contributed by atoms with Gasteiger partial charge in [0.05, 0.1) is 5.56 Å². The Hall–Kier alpha value is -1.88. The van der Waals surface area contributed by atoms with Crippen molar-refractivity contribution in [3.8, 4) is 5.75 Å². The summed E-state index contributed by atoms with van der Waals surface area (Å²) in [5.74, 6) is 0.0585. The van der Waals surface area contributed by atoms with Crippen LogP contribution in [-0.2, 0) is 6.61 Å². The second-order valence-electron chi connectivity index (χ2n) is 3.93. The van der Waals surface area contributed by atoms with Gasteiger partial charge < -0.3 is 10.5 Å². The summed E-state index contributed by atoms with van der Waals surface area (Å²) in [5.41, 5.74) is 6.40. The first-order chi connectivity index (χ1) is 9.08. The first-order valence-corrected chi connectivity index (χ1v) is 6.37. The van der Waals surface area contributed by atoms with E-state index >= 15 is 0 Å². The van der Waals surface area contributed by atoms with Crippen molar-refractivity contribution in [2.24, 2.45) is 5.73 Å². The summed E-state index contributed by atoms with van der Waals surface area (Å²) in [6.45, 7) is 0.0789. The minimum absolute atomic E-state index is 0.0784. The third-order valence-corrected chi connectivity index (χ3v) is 3.06. The number of hydrogen-bond acceptors (Lipinski definition) is 2. The molecule has 2 aromatic rings. The van der Waals surface area contributed by atoms with E-state index in [1.54, 1.807) is 36.4 Å². The van der Waals surface area contributed by atoms with Gasteiger partial charge in [0.1, 0.15) is 24.0 Å². The predicted molar refractivity (Wildman–Crippen MR) is 75.9 cm³/mol. The Kier molecular flexibility index (Phi) is 4.16. The molecule has 0 aliphatic carbocycles. The molecule has 0 spiro atoms. The summed E-state index contributed by atoms with van der Waals surface area (Å²) >= 11 is 3.28. The Labute approximate surface area is 118 Å². The number of nitrogens with two attached hydrogens (primary N) is 1. The summed E-state index contributed by atoms with van der Waals surface area (Å²) in [4.78, 5) is 0. The van der Waals surface area contributed by atoms with E-state index in [0.29, 0.717) is 16.9 Å². The zero-order valence-corrected chi connectivity index (χ0v) is 11.6. The molecule has 0 saturated heterocycles. The van der Waals surface area contributed by atoms with Crippen molar-refractivity contribution in [3.05, 3.63) is 63.9 Å². The normalized spacial score (nSPS) is 10.2. The van der Waals surface area contributed by atoms with Crippen molar-refractivity contribution < 1.29 is 9.13 Å². The van der Waals surface area contributed by atoms with Crippen LogP contribution in [0.15, 0.2) is 46.9 Å². The number of ether oxygens (including phenoxy) is 1. The van der Waals surface area contributed by atoms with Crippen molar-refractivity contribution in [2.45, 2.75) is 6.61 Å². The van der Waals surface area contributed by atoms with Crippen LogP contribution in [0, 0.1) is 11.2 Å². The standard InChI is InChI=1S/C14H12BrFN2O/c15-10-5-6-12(16)9(7-10)8-19-13-4-2-1-3-11(13)14(17)18/h1-7H,8H2,(H3,17,18). The lowest BCUT2D eigenvalue weighted by atomic mass is 10.2. The van der Waals surface area contributed by atoms with E-state index in [9.17, 15) is 4.39 Å². The van der Waals surface area contributed by atoms with E-state index in [-0.39, 0.29) is 18.3 Å². The molecule has 0 amide bonds. The molecule has 5 heteroatoms. The molecule has 98 valence electrons. The van der Waals surface area contributed by atoms with Gasteiger partial charge in [-0.2, -0.15) is 0 Å². The SMILES string of the molecule is N=C(N)c1ccccc1OCc1cc(Br)ccc1F. The zero-order chi connectivity index (χ0) is 13.8. The van der Waals surface area contributed by atoms with Crippen molar-refractivity contribution in [3.63, 3.8) is 0 Å². The maximum Gasteiger partial charge on any atom is 0.130 e. The fraction of sp³-hybridized carbons (Fsp3) is 0.0714. The fourth-order valence-electron chi connectivity index (χ4n) is 1.62. The Bertz CT molecular complexity index is 616. The third-order valence-electron chi connectivity index (χ3n) is 2.57. The van der Waals surface area contributed by atoms with Gasteiger partial charge in [0.15, 0.2) is 0 Å². The van der Waals surface area contributed by atoms with Gasteiger partial charge in [0.25, 0.3) is 0 Å². The van der Waals surface area contributed by atoms with Crippen LogP contribution in [0.2, 0.25) is 0 Å². The van der Waals surface area contributed by atoms with Crippen LogP contribution in [0.4, 0.5) is 4.39 Å². The molecule has 3 N–H and O–H groups in total. The highest BCUT2D eigenvalue weighted by molar-refractivity contribution is 9.10. The molecule has 19 heavy (non-hydrogen) atoms. The molecule has 0 aliphatic rings. The molecule has 0 saturated carbocycles. The predicted octanol–water partition coefficient (Wildman–Crippen LogP) is 3.45. The Morgan fingerprint density at radius 2 is 2.00 bits per heavy atom. The van der Waals surface area contributed by atoms with E-state index in [2.05, 4.69) is 15.9 Å². The van der Waals surface area contributed by atoms with Crippen LogP contribution < -0.4 is 10.5 Å². The van der Waals surface area contributed by atoms with Crippen molar-refractivity contribution >= 4 is 21.8 Å². The number of amidine groups is 1. The minimum atomic E-state index is -0.330. The summed E-state index contributed by atoms with van der Waals surface area (Å²) < 4.78 is 19.9. The van der Waals surface area contributed by atoms with Crippen LogP contribution in [0.5, 0.6) is 5.75 Å². The highest BCUT2D eigenvalue weighted by atomic mass is 79.9. The Balaban J connectivity index is 2.19. The Morgan fingerprint density at radius 3 is 2.74 bits per heavy atom. The molecule has 0 bridgehead atoms. The highest BCUT2D eigenvalue weighted by Gasteiger charge is 2.08. The monoisotopic (exact) mass is 322 g/mol. The Morgan fingerprint density at radius 1 is 1.26 bits per heavy atom. The molecule has 0 atom stereocenters. The van der Waals surface area contributed by atoms with Crippen LogP contribution in [0.3, 0.4) is 0 Å². The molecule has 3 nitrogen and oxygen atoms in total. The van der Waals surface area contributed by atoms with E-state index < -0.39 is 0 Å². The molecule has 0 aromatic heterocycles. The maximum absolute atomic E-state index is 13.6. The second kappa shape index (κ2) is 5.84. The quantitative estimate of drug-likeness (QED) is 0.669. The molecule has 2 rings (SSSR count). The van der Waals surface area contributed by atoms with E-state index in [1.165, 1.54) is 6.07 Å². The minimum Gasteiger partial charge on any atom is -0.488 e. The van der Waals surface area contributed by atoms with Crippen LogP contribution in [0.25, 0.3) is 0 Å². The lowest BCUT2D eigenvalue weighted by Crippen LogP contribution is -2.13. The molecule has 2 aromatic carbocycles. The molecular formula is C14H12BrFN2O. The van der Waals surface area contributed by atoms with E-state index in [1.807, 2.05) is 0 Å². The summed E-state index contributed by atoms with van der Waals surface area (Å²) in [7, 11) is 0. The second-order valence-corrected chi connectivity index (χ2v) is 4.85. The fourth-order valence-corrected chi connectivity index (χ4v) is 2.03. The van der Waals surface area contributed by atoms with Gasteiger partial charge in [0.2, 0.25) is 0 Å². The molecule has 0 fully saturated rings. The number of hydrogen-bond donors (Lipinski definition) is 2. The lowest BCUT2D eigenvalue weighted by Gasteiger charge is -2.11. The van der Waals surface area contributed by atoms with Crippen LogP contribution in [-0.4, -0.2) is 5.84 Å². The van der Waals surface area contributed by atoms with Crippen molar-refractivity contribution in [1.29, 1.82) is 5.41 Å². The molecular weight excluding hydrogens is 311 g/mol. The van der Waals surface area contributed by atoms with Gasteiger partial charge in [-0.05, 0) is 30.3 Å². The first-order valence-electron chi connectivity index (χ1n) is 5.58. The smallest absolute Gasteiger partial charge is 0.130 e.